The maximum atomic E-state index is 12.3. The molecule has 6 heteroatoms. The first kappa shape index (κ1) is 15.2. The Bertz CT molecular complexity index is 729. The van der Waals surface area contributed by atoms with E-state index in [1.807, 2.05) is 19.1 Å². The summed E-state index contributed by atoms with van der Waals surface area (Å²) in [6, 6.07) is 9.79. The number of aryl methyl sites for hydroxylation is 2. The summed E-state index contributed by atoms with van der Waals surface area (Å²) in [6.45, 7) is 3.62. The molecule has 1 N–H and O–H groups in total. The number of nitrogens with zero attached hydrogens (tertiary/aromatic N) is 1. The Labute approximate surface area is 130 Å². The molecule has 0 aromatic heterocycles. The summed E-state index contributed by atoms with van der Waals surface area (Å²) in [7, 11) is 0. The average Bonchev–Trinajstić information content (AvgIpc) is 2.43. The van der Waals surface area contributed by atoms with Crippen LogP contribution in [0.4, 0.5) is 11.4 Å². The second kappa shape index (κ2) is 6.05. The quantitative estimate of drug-likeness (QED) is 0.666. The molecule has 0 saturated heterocycles. The Balaban J connectivity index is 2.33. The molecule has 0 spiro atoms. The molecule has 0 atom stereocenters. The zero-order valence-electron chi connectivity index (χ0n) is 11.5. The Morgan fingerprint density at radius 1 is 1.14 bits per heavy atom. The molecular formula is C15H13BrN2O3. The van der Waals surface area contributed by atoms with Crippen LogP contribution in [0.25, 0.3) is 0 Å². The molecule has 0 bridgehead atoms. The van der Waals surface area contributed by atoms with Gasteiger partial charge in [-0.05, 0) is 37.1 Å². The van der Waals surface area contributed by atoms with Gasteiger partial charge in [0, 0.05) is 22.2 Å². The van der Waals surface area contributed by atoms with E-state index in [0.717, 1.165) is 15.6 Å². The average molecular weight is 349 g/mol. The van der Waals surface area contributed by atoms with Crippen molar-refractivity contribution >= 4 is 33.2 Å². The van der Waals surface area contributed by atoms with Gasteiger partial charge in [-0.15, -0.1) is 0 Å². The molecule has 2 aromatic carbocycles. The first-order valence-electron chi connectivity index (χ1n) is 6.21. The van der Waals surface area contributed by atoms with Crippen LogP contribution in [0.2, 0.25) is 0 Å². The molecular weight excluding hydrogens is 336 g/mol. The number of nitro groups is 1. The molecule has 0 aliphatic heterocycles. The van der Waals surface area contributed by atoms with E-state index >= 15 is 0 Å². The molecule has 0 aliphatic rings. The van der Waals surface area contributed by atoms with Crippen molar-refractivity contribution < 1.29 is 9.72 Å². The number of halogens is 1. The molecule has 0 saturated carbocycles. The molecule has 108 valence electrons. The SMILES string of the molecule is Cc1ccc([N+](=O)[O-])cc1NC(=O)c1cc(Br)ccc1C. The number of hydrogen-bond acceptors (Lipinski definition) is 3. The summed E-state index contributed by atoms with van der Waals surface area (Å²) < 4.78 is 0.800. The predicted octanol–water partition coefficient (Wildman–Crippen LogP) is 4.23. The van der Waals surface area contributed by atoms with Gasteiger partial charge in [0.1, 0.15) is 0 Å². The minimum absolute atomic E-state index is 0.0538. The van der Waals surface area contributed by atoms with Crippen molar-refractivity contribution in [3.8, 4) is 0 Å². The van der Waals surface area contributed by atoms with Crippen LogP contribution in [0.15, 0.2) is 40.9 Å². The zero-order valence-corrected chi connectivity index (χ0v) is 13.1. The van der Waals surface area contributed by atoms with Gasteiger partial charge in [0.05, 0.1) is 10.6 Å². The summed E-state index contributed by atoms with van der Waals surface area (Å²) in [5, 5.41) is 13.5. The topological polar surface area (TPSA) is 72.2 Å². The lowest BCUT2D eigenvalue weighted by atomic mass is 10.1. The summed E-state index contributed by atoms with van der Waals surface area (Å²) in [5.74, 6) is -0.294. The van der Waals surface area contributed by atoms with Gasteiger partial charge >= 0.3 is 0 Å². The Kier molecular flexibility index (Phi) is 4.37. The van der Waals surface area contributed by atoms with Gasteiger partial charge in [0.15, 0.2) is 0 Å². The minimum Gasteiger partial charge on any atom is -0.321 e. The highest BCUT2D eigenvalue weighted by Gasteiger charge is 2.14. The molecule has 5 nitrogen and oxygen atoms in total. The van der Waals surface area contributed by atoms with E-state index in [4.69, 9.17) is 0 Å². The lowest BCUT2D eigenvalue weighted by Crippen LogP contribution is -2.14. The smallest absolute Gasteiger partial charge is 0.271 e. The molecule has 2 rings (SSSR count). The van der Waals surface area contributed by atoms with Gasteiger partial charge in [-0.2, -0.15) is 0 Å². The Hall–Kier alpha value is -2.21. The molecule has 2 aromatic rings. The van der Waals surface area contributed by atoms with Crippen molar-refractivity contribution in [3.05, 3.63) is 67.7 Å². The van der Waals surface area contributed by atoms with Gasteiger partial charge in [-0.1, -0.05) is 28.1 Å². The third-order valence-electron chi connectivity index (χ3n) is 3.12. The zero-order chi connectivity index (χ0) is 15.6. The number of nitrogens with one attached hydrogen (secondary N) is 1. The van der Waals surface area contributed by atoms with Crippen molar-refractivity contribution in [2.24, 2.45) is 0 Å². The number of carbonyl (C=O) groups is 1. The highest BCUT2D eigenvalue weighted by molar-refractivity contribution is 9.10. The first-order valence-corrected chi connectivity index (χ1v) is 7.00. The van der Waals surface area contributed by atoms with Crippen LogP contribution in [-0.4, -0.2) is 10.8 Å². The molecule has 0 unspecified atom stereocenters. The summed E-state index contributed by atoms with van der Waals surface area (Å²) in [4.78, 5) is 22.6. The van der Waals surface area contributed by atoms with Gasteiger partial charge in [0.25, 0.3) is 11.6 Å². The van der Waals surface area contributed by atoms with E-state index in [1.54, 1.807) is 19.1 Å². The van der Waals surface area contributed by atoms with Gasteiger partial charge in [0.2, 0.25) is 0 Å². The van der Waals surface area contributed by atoms with Crippen LogP contribution in [-0.2, 0) is 0 Å². The molecule has 0 aliphatic carbocycles. The molecule has 1 amide bonds. The number of amides is 1. The van der Waals surface area contributed by atoms with Crippen molar-refractivity contribution in [1.29, 1.82) is 0 Å². The van der Waals surface area contributed by atoms with E-state index in [-0.39, 0.29) is 11.6 Å². The molecule has 0 radical (unpaired) electrons. The van der Waals surface area contributed by atoms with E-state index < -0.39 is 4.92 Å². The molecule has 21 heavy (non-hydrogen) atoms. The van der Waals surface area contributed by atoms with Crippen LogP contribution in [0.1, 0.15) is 21.5 Å². The van der Waals surface area contributed by atoms with Crippen LogP contribution >= 0.6 is 15.9 Å². The number of carbonyl (C=O) groups excluding carboxylic acids is 1. The van der Waals surface area contributed by atoms with E-state index in [0.29, 0.717) is 11.3 Å². The maximum Gasteiger partial charge on any atom is 0.271 e. The van der Waals surface area contributed by atoms with Crippen LogP contribution < -0.4 is 5.32 Å². The fourth-order valence-electron chi connectivity index (χ4n) is 1.89. The van der Waals surface area contributed by atoms with E-state index in [9.17, 15) is 14.9 Å². The third kappa shape index (κ3) is 3.46. The fraction of sp³-hybridized carbons (Fsp3) is 0.133. The Morgan fingerprint density at radius 2 is 1.81 bits per heavy atom. The largest absolute Gasteiger partial charge is 0.321 e. The number of anilines is 1. The number of nitro benzene ring substituents is 1. The van der Waals surface area contributed by atoms with Gasteiger partial charge < -0.3 is 5.32 Å². The van der Waals surface area contributed by atoms with Crippen LogP contribution in [0.3, 0.4) is 0 Å². The minimum atomic E-state index is -0.487. The lowest BCUT2D eigenvalue weighted by molar-refractivity contribution is -0.384. The number of rotatable bonds is 3. The van der Waals surface area contributed by atoms with E-state index in [1.165, 1.54) is 12.1 Å². The van der Waals surface area contributed by atoms with Crippen molar-refractivity contribution in [2.45, 2.75) is 13.8 Å². The highest BCUT2D eigenvalue weighted by atomic mass is 79.9. The van der Waals surface area contributed by atoms with Crippen LogP contribution in [0.5, 0.6) is 0 Å². The molecule has 0 heterocycles. The first-order chi connectivity index (χ1) is 9.88. The highest BCUT2D eigenvalue weighted by Crippen LogP contribution is 2.23. The van der Waals surface area contributed by atoms with Gasteiger partial charge in [-0.25, -0.2) is 0 Å². The predicted molar refractivity (Wildman–Crippen MR) is 84.7 cm³/mol. The third-order valence-corrected chi connectivity index (χ3v) is 3.62. The number of hydrogen-bond donors (Lipinski definition) is 1. The summed E-state index contributed by atoms with van der Waals surface area (Å²) in [6.07, 6.45) is 0. The number of non-ortho nitro benzene ring substituents is 1. The second-order valence-corrected chi connectivity index (χ2v) is 5.59. The van der Waals surface area contributed by atoms with Crippen molar-refractivity contribution in [3.63, 3.8) is 0 Å². The maximum absolute atomic E-state index is 12.3. The summed E-state index contributed by atoms with van der Waals surface area (Å²) in [5.41, 5.74) is 2.51. The Morgan fingerprint density at radius 3 is 2.48 bits per heavy atom. The number of benzene rings is 2. The monoisotopic (exact) mass is 348 g/mol. The van der Waals surface area contributed by atoms with Crippen molar-refractivity contribution in [2.75, 3.05) is 5.32 Å². The second-order valence-electron chi connectivity index (χ2n) is 4.67. The lowest BCUT2D eigenvalue weighted by Gasteiger charge is -2.10. The molecule has 0 fully saturated rings. The fourth-order valence-corrected chi connectivity index (χ4v) is 2.25. The van der Waals surface area contributed by atoms with Crippen LogP contribution in [0, 0.1) is 24.0 Å². The van der Waals surface area contributed by atoms with Crippen molar-refractivity contribution in [1.82, 2.24) is 0 Å². The summed E-state index contributed by atoms with van der Waals surface area (Å²) >= 11 is 3.33. The normalized spacial score (nSPS) is 10.2. The van der Waals surface area contributed by atoms with Gasteiger partial charge in [-0.3, -0.25) is 14.9 Å². The standard InChI is InChI=1S/C15H13BrN2O3/c1-9-3-5-11(16)7-13(9)15(19)17-14-8-12(18(20)21)6-4-10(14)2/h3-8H,1-2H3,(H,17,19). The van der Waals surface area contributed by atoms with E-state index in [2.05, 4.69) is 21.2 Å².